The lowest BCUT2D eigenvalue weighted by Crippen LogP contribution is -2.54. The third kappa shape index (κ3) is 3.32. The summed E-state index contributed by atoms with van der Waals surface area (Å²) in [6.07, 6.45) is 0.204. The highest BCUT2D eigenvalue weighted by atomic mass is 16.2. The van der Waals surface area contributed by atoms with Gasteiger partial charge < -0.3 is 11.2 Å². The molecule has 2 aromatic rings. The number of nitrogens with one attached hydrogen (secondary N) is 2. The maximum absolute atomic E-state index is 13.2. The van der Waals surface area contributed by atoms with Crippen molar-refractivity contribution < 1.29 is 24.0 Å². The van der Waals surface area contributed by atoms with Crippen LogP contribution in [0.25, 0.3) is 0 Å². The Hall–Kier alpha value is -4.05. The van der Waals surface area contributed by atoms with E-state index in [-0.39, 0.29) is 36.0 Å². The van der Waals surface area contributed by atoms with E-state index in [0.717, 1.165) is 4.90 Å². The van der Waals surface area contributed by atoms with Crippen LogP contribution >= 0.6 is 0 Å². The smallest absolute Gasteiger partial charge is 0.262 e. The second kappa shape index (κ2) is 7.65. The van der Waals surface area contributed by atoms with Crippen LogP contribution in [0.2, 0.25) is 0 Å². The minimum atomic E-state index is -1.06. The van der Waals surface area contributed by atoms with Crippen molar-refractivity contribution >= 4 is 35.2 Å². The van der Waals surface area contributed by atoms with E-state index in [1.54, 1.807) is 30.3 Å². The summed E-state index contributed by atoms with van der Waals surface area (Å²) in [4.78, 5) is 62.7. The number of piperidine rings is 1. The minimum Gasteiger partial charge on any atom is -0.366 e. The molecule has 31 heavy (non-hydrogen) atoms. The summed E-state index contributed by atoms with van der Waals surface area (Å²) in [6, 6.07) is 8.56. The number of anilines is 1. The Morgan fingerprint density at radius 3 is 2.52 bits per heavy atom. The zero-order valence-corrected chi connectivity index (χ0v) is 16.3. The third-order valence-electron chi connectivity index (χ3n) is 5.52. The van der Waals surface area contributed by atoms with Crippen LogP contribution in [0.5, 0.6) is 0 Å². The Kier molecular flexibility index (Phi) is 4.99. The van der Waals surface area contributed by atoms with Crippen LogP contribution in [0.1, 0.15) is 55.0 Å². The molecule has 1 unspecified atom stereocenters. The number of hydrogen-bond acceptors (Lipinski definition) is 7. The van der Waals surface area contributed by atoms with Crippen LogP contribution < -0.4 is 22.3 Å². The molecule has 2 aliphatic heterocycles. The summed E-state index contributed by atoms with van der Waals surface area (Å²) >= 11 is 0. The van der Waals surface area contributed by atoms with Gasteiger partial charge in [0.05, 0.1) is 16.8 Å². The average Bonchev–Trinajstić information content (AvgIpc) is 2.99. The molecule has 2 aromatic carbocycles. The van der Waals surface area contributed by atoms with Crippen molar-refractivity contribution in [1.82, 2.24) is 10.2 Å². The largest absolute Gasteiger partial charge is 0.366 e. The van der Waals surface area contributed by atoms with Gasteiger partial charge in [-0.3, -0.25) is 40.0 Å². The Morgan fingerprint density at radius 1 is 1.10 bits per heavy atom. The lowest BCUT2D eigenvalue weighted by Gasteiger charge is -2.27. The molecule has 10 heteroatoms. The number of hydrogen-bond donors (Lipinski definition) is 4. The van der Waals surface area contributed by atoms with Crippen molar-refractivity contribution in [1.29, 1.82) is 0 Å². The van der Waals surface area contributed by atoms with E-state index in [9.17, 15) is 24.0 Å². The summed E-state index contributed by atoms with van der Waals surface area (Å²) < 4.78 is 0. The zero-order valence-electron chi connectivity index (χ0n) is 16.3. The van der Waals surface area contributed by atoms with Crippen molar-refractivity contribution in [2.24, 2.45) is 11.6 Å². The topological polar surface area (TPSA) is 165 Å². The molecule has 1 atom stereocenters. The summed E-state index contributed by atoms with van der Waals surface area (Å²) in [5.74, 6) is 2.58. The fraction of sp³-hybridized carbons (Fsp3) is 0.190. The molecule has 0 aliphatic carbocycles. The predicted molar refractivity (Wildman–Crippen MR) is 109 cm³/mol. The SMILES string of the molecule is NNc1cccc(C(N)=O)c1Cc1cccc2c1C(=O)N(C1CCC(=O)NC1=O)C2=O. The van der Waals surface area contributed by atoms with Crippen LogP contribution in [0.4, 0.5) is 5.69 Å². The lowest BCUT2D eigenvalue weighted by atomic mass is 9.93. The predicted octanol–water partition coefficient (Wildman–Crippen LogP) is 0.0631. The van der Waals surface area contributed by atoms with E-state index in [2.05, 4.69) is 10.7 Å². The van der Waals surface area contributed by atoms with Crippen molar-refractivity contribution in [3.8, 4) is 0 Å². The maximum Gasteiger partial charge on any atom is 0.262 e. The molecule has 0 radical (unpaired) electrons. The number of nitrogens with two attached hydrogens (primary N) is 2. The summed E-state index contributed by atoms with van der Waals surface area (Å²) in [7, 11) is 0. The first-order chi connectivity index (χ1) is 14.8. The monoisotopic (exact) mass is 421 g/mol. The molecule has 6 N–H and O–H groups in total. The molecule has 1 fully saturated rings. The second-order valence-corrected chi connectivity index (χ2v) is 7.30. The minimum absolute atomic E-state index is 0.0359. The molecule has 1 saturated heterocycles. The fourth-order valence-electron chi connectivity index (χ4n) is 4.07. The van der Waals surface area contributed by atoms with Gasteiger partial charge in [0.25, 0.3) is 11.8 Å². The number of amides is 5. The van der Waals surface area contributed by atoms with Gasteiger partial charge in [-0.2, -0.15) is 0 Å². The van der Waals surface area contributed by atoms with Crippen molar-refractivity contribution in [3.63, 3.8) is 0 Å². The molecule has 0 aromatic heterocycles. The van der Waals surface area contributed by atoms with E-state index < -0.39 is 35.6 Å². The molecule has 2 heterocycles. The van der Waals surface area contributed by atoms with Crippen LogP contribution in [0, 0.1) is 0 Å². The quantitative estimate of drug-likeness (QED) is 0.301. The van der Waals surface area contributed by atoms with Gasteiger partial charge in [0.15, 0.2) is 0 Å². The average molecular weight is 421 g/mol. The Morgan fingerprint density at radius 2 is 1.84 bits per heavy atom. The first-order valence-electron chi connectivity index (χ1n) is 9.55. The van der Waals surface area contributed by atoms with E-state index in [1.807, 2.05) is 0 Å². The van der Waals surface area contributed by atoms with Crippen molar-refractivity contribution in [2.45, 2.75) is 25.3 Å². The number of nitrogens with zero attached hydrogens (tertiary/aromatic N) is 1. The number of hydrazine groups is 1. The molecule has 10 nitrogen and oxygen atoms in total. The molecule has 5 amide bonds. The number of imide groups is 2. The number of nitrogen functional groups attached to an aromatic ring is 1. The van der Waals surface area contributed by atoms with Gasteiger partial charge in [0.2, 0.25) is 17.7 Å². The van der Waals surface area contributed by atoms with Crippen LogP contribution in [-0.4, -0.2) is 40.5 Å². The van der Waals surface area contributed by atoms with Gasteiger partial charge in [-0.05, 0) is 35.7 Å². The van der Waals surface area contributed by atoms with E-state index in [0.29, 0.717) is 16.8 Å². The Balaban J connectivity index is 1.75. The second-order valence-electron chi connectivity index (χ2n) is 7.30. The van der Waals surface area contributed by atoms with Gasteiger partial charge in [0.1, 0.15) is 6.04 Å². The van der Waals surface area contributed by atoms with Crippen LogP contribution in [-0.2, 0) is 16.0 Å². The fourth-order valence-corrected chi connectivity index (χ4v) is 4.07. The Bertz CT molecular complexity index is 1160. The lowest BCUT2D eigenvalue weighted by molar-refractivity contribution is -0.136. The van der Waals surface area contributed by atoms with Gasteiger partial charge in [-0.15, -0.1) is 0 Å². The molecule has 4 rings (SSSR count). The standard InChI is InChI=1S/C21H19N5O5/c22-18(28)11-4-2-6-14(25-23)13(11)9-10-3-1-5-12-17(10)21(31)26(20(12)30)15-7-8-16(27)24-19(15)29/h1-6,15,25H,7-9,23H2,(H2,22,28)(H,24,27,29). The van der Waals surface area contributed by atoms with Gasteiger partial charge in [-0.1, -0.05) is 18.2 Å². The third-order valence-corrected chi connectivity index (χ3v) is 5.52. The number of fused-ring (bicyclic) bond motifs is 1. The summed E-state index contributed by atoms with van der Waals surface area (Å²) in [5.41, 5.74) is 9.96. The molecular formula is C21H19N5O5. The highest BCUT2D eigenvalue weighted by Gasteiger charge is 2.45. The van der Waals surface area contributed by atoms with Gasteiger partial charge >= 0.3 is 0 Å². The first kappa shape index (κ1) is 20.2. The number of benzene rings is 2. The number of carbonyl (C=O) groups is 5. The summed E-state index contributed by atoms with van der Waals surface area (Å²) in [6.45, 7) is 0. The molecular weight excluding hydrogens is 402 g/mol. The van der Waals surface area contributed by atoms with Gasteiger partial charge in [-0.25, -0.2) is 0 Å². The zero-order chi connectivity index (χ0) is 22.3. The molecule has 0 saturated carbocycles. The number of carbonyl (C=O) groups excluding carboxylic acids is 5. The summed E-state index contributed by atoms with van der Waals surface area (Å²) in [5, 5.41) is 2.17. The Labute approximate surface area is 176 Å². The highest BCUT2D eigenvalue weighted by molar-refractivity contribution is 6.24. The molecule has 2 aliphatic rings. The highest BCUT2D eigenvalue weighted by Crippen LogP contribution is 2.32. The van der Waals surface area contributed by atoms with E-state index >= 15 is 0 Å². The maximum atomic E-state index is 13.2. The van der Waals surface area contributed by atoms with E-state index in [4.69, 9.17) is 11.6 Å². The number of rotatable bonds is 5. The molecule has 0 bridgehead atoms. The van der Waals surface area contributed by atoms with Crippen LogP contribution in [0.3, 0.4) is 0 Å². The van der Waals surface area contributed by atoms with E-state index in [1.165, 1.54) is 6.07 Å². The van der Waals surface area contributed by atoms with Crippen molar-refractivity contribution in [2.75, 3.05) is 5.43 Å². The molecule has 0 spiro atoms. The van der Waals surface area contributed by atoms with Crippen LogP contribution in [0.15, 0.2) is 36.4 Å². The van der Waals surface area contributed by atoms with Gasteiger partial charge in [0, 0.05) is 18.4 Å². The molecule has 158 valence electrons. The van der Waals surface area contributed by atoms with Crippen molar-refractivity contribution in [3.05, 3.63) is 64.2 Å². The first-order valence-corrected chi connectivity index (χ1v) is 9.55. The normalized spacial score (nSPS) is 18.1. The number of primary amides is 1.